The van der Waals surface area contributed by atoms with Gasteiger partial charge in [-0.1, -0.05) is 6.92 Å². The van der Waals surface area contributed by atoms with Crippen LogP contribution in [-0.4, -0.2) is 19.3 Å². The summed E-state index contributed by atoms with van der Waals surface area (Å²) in [5, 5.41) is 4.52. The average Bonchev–Trinajstić information content (AvgIpc) is 2.71. The minimum Gasteiger partial charge on any atom is -0.292 e. The fraction of sp³-hybridized carbons (Fsp3) is 0.417. The first-order valence-corrected chi connectivity index (χ1v) is 7.61. The SMILES string of the molecule is CCc1nn(CC)c(Cn2cncc(Br)c2=O)c1Br. The minimum atomic E-state index is -0.0937. The molecule has 0 fully saturated rings. The molecule has 0 N–H and O–H groups in total. The van der Waals surface area contributed by atoms with Gasteiger partial charge < -0.3 is 0 Å². The van der Waals surface area contributed by atoms with E-state index in [1.54, 1.807) is 4.57 Å². The van der Waals surface area contributed by atoms with Crippen molar-refractivity contribution < 1.29 is 0 Å². The lowest BCUT2D eigenvalue weighted by atomic mass is 10.3. The first-order valence-electron chi connectivity index (χ1n) is 6.02. The summed E-state index contributed by atoms with van der Waals surface area (Å²) in [6.45, 7) is 5.31. The third-order valence-electron chi connectivity index (χ3n) is 2.87. The number of aromatic nitrogens is 4. The Labute approximate surface area is 127 Å². The summed E-state index contributed by atoms with van der Waals surface area (Å²) in [6.07, 6.45) is 3.90. The minimum absolute atomic E-state index is 0.0937. The van der Waals surface area contributed by atoms with Crippen molar-refractivity contribution in [2.24, 2.45) is 0 Å². The Morgan fingerprint density at radius 3 is 2.68 bits per heavy atom. The monoisotopic (exact) mass is 388 g/mol. The van der Waals surface area contributed by atoms with E-state index >= 15 is 0 Å². The topological polar surface area (TPSA) is 52.7 Å². The zero-order valence-electron chi connectivity index (χ0n) is 10.7. The van der Waals surface area contributed by atoms with Crippen LogP contribution in [0.5, 0.6) is 0 Å². The largest absolute Gasteiger partial charge is 0.292 e. The lowest BCUT2D eigenvalue weighted by Crippen LogP contribution is -2.22. The van der Waals surface area contributed by atoms with E-state index in [0.717, 1.165) is 28.8 Å². The Hall–Kier alpha value is -0.950. The molecule has 0 radical (unpaired) electrons. The number of nitrogens with zero attached hydrogens (tertiary/aromatic N) is 4. The van der Waals surface area contributed by atoms with Crippen molar-refractivity contribution in [1.29, 1.82) is 0 Å². The van der Waals surface area contributed by atoms with Crippen molar-refractivity contribution in [2.45, 2.75) is 33.4 Å². The van der Waals surface area contributed by atoms with E-state index in [-0.39, 0.29) is 5.56 Å². The number of hydrogen-bond acceptors (Lipinski definition) is 3. The normalized spacial score (nSPS) is 10.9. The van der Waals surface area contributed by atoms with Crippen LogP contribution in [0.2, 0.25) is 0 Å². The summed E-state index contributed by atoms with van der Waals surface area (Å²) in [7, 11) is 0. The summed E-state index contributed by atoms with van der Waals surface area (Å²) in [5.41, 5.74) is 1.90. The van der Waals surface area contributed by atoms with E-state index in [1.165, 1.54) is 12.5 Å². The van der Waals surface area contributed by atoms with Crippen molar-refractivity contribution in [3.63, 3.8) is 0 Å². The van der Waals surface area contributed by atoms with Crippen LogP contribution in [0.3, 0.4) is 0 Å². The van der Waals surface area contributed by atoms with Crippen LogP contribution in [0, 0.1) is 0 Å². The molecule has 0 saturated heterocycles. The highest BCUT2D eigenvalue weighted by molar-refractivity contribution is 9.10. The molecule has 19 heavy (non-hydrogen) atoms. The second kappa shape index (κ2) is 6.00. The molecule has 102 valence electrons. The van der Waals surface area contributed by atoms with E-state index in [1.807, 2.05) is 11.6 Å². The van der Waals surface area contributed by atoms with Crippen molar-refractivity contribution in [2.75, 3.05) is 0 Å². The Morgan fingerprint density at radius 2 is 2.05 bits per heavy atom. The molecule has 0 bridgehead atoms. The standard InChI is InChI=1S/C12H14Br2N4O/c1-3-9-11(14)10(18(4-2)16-9)6-17-7-15-5-8(13)12(17)19/h5,7H,3-4,6H2,1-2H3. The molecule has 2 heterocycles. The molecule has 0 atom stereocenters. The highest BCUT2D eigenvalue weighted by Gasteiger charge is 2.15. The summed E-state index contributed by atoms with van der Waals surface area (Å²) in [5.74, 6) is 0. The van der Waals surface area contributed by atoms with E-state index in [9.17, 15) is 4.79 Å². The molecule has 0 aliphatic heterocycles. The fourth-order valence-electron chi connectivity index (χ4n) is 1.87. The van der Waals surface area contributed by atoms with E-state index < -0.39 is 0 Å². The summed E-state index contributed by atoms with van der Waals surface area (Å²) >= 11 is 6.78. The van der Waals surface area contributed by atoms with Crippen LogP contribution < -0.4 is 5.56 Å². The van der Waals surface area contributed by atoms with Crippen LogP contribution in [0.1, 0.15) is 25.2 Å². The van der Waals surface area contributed by atoms with Crippen molar-refractivity contribution in [3.8, 4) is 0 Å². The van der Waals surface area contributed by atoms with Gasteiger partial charge in [0.2, 0.25) is 0 Å². The summed E-state index contributed by atoms with van der Waals surface area (Å²) < 4.78 is 4.92. The maximum Gasteiger partial charge on any atom is 0.267 e. The van der Waals surface area contributed by atoms with Crippen LogP contribution in [0.25, 0.3) is 0 Å². The predicted octanol–water partition coefficient (Wildman–Crippen LogP) is 2.60. The van der Waals surface area contributed by atoms with Gasteiger partial charge in [-0.2, -0.15) is 5.10 Å². The lowest BCUT2D eigenvalue weighted by Gasteiger charge is -2.08. The number of rotatable bonds is 4. The van der Waals surface area contributed by atoms with Crippen LogP contribution in [0.4, 0.5) is 0 Å². The Morgan fingerprint density at radius 1 is 1.32 bits per heavy atom. The predicted molar refractivity (Wildman–Crippen MR) is 80.3 cm³/mol. The first-order chi connectivity index (χ1) is 9.08. The van der Waals surface area contributed by atoms with Gasteiger partial charge in [0.25, 0.3) is 5.56 Å². The van der Waals surface area contributed by atoms with E-state index in [0.29, 0.717) is 11.0 Å². The smallest absolute Gasteiger partial charge is 0.267 e. The number of aryl methyl sites for hydroxylation is 2. The lowest BCUT2D eigenvalue weighted by molar-refractivity contribution is 0.584. The van der Waals surface area contributed by atoms with Crippen molar-refractivity contribution >= 4 is 31.9 Å². The molecule has 0 aliphatic rings. The molecule has 0 spiro atoms. The molecule has 0 aromatic carbocycles. The molecule has 0 amide bonds. The van der Waals surface area contributed by atoms with Gasteiger partial charge in [-0.25, -0.2) is 4.98 Å². The third-order valence-corrected chi connectivity index (χ3v) is 4.33. The number of halogens is 2. The van der Waals surface area contributed by atoms with E-state index in [4.69, 9.17) is 0 Å². The van der Waals surface area contributed by atoms with Gasteiger partial charge in [0.05, 0.1) is 28.7 Å². The highest BCUT2D eigenvalue weighted by atomic mass is 79.9. The summed E-state index contributed by atoms with van der Waals surface area (Å²) in [6, 6.07) is 0. The first kappa shape index (κ1) is 14.5. The second-order valence-electron chi connectivity index (χ2n) is 4.05. The van der Waals surface area contributed by atoms with Crippen LogP contribution in [0.15, 0.2) is 26.3 Å². The molecule has 0 unspecified atom stereocenters. The average molecular weight is 390 g/mol. The Bertz CT molecular complexity index is 648. The molecule has 0 aliphatic carbocycles. The maximum atomic E-state index is 12.0. The Balaban J connectivity index is 2.46. The zero-order chi connectivity index (χ0) is 14.0. The molecule has 5 nitrogen and oxygen atoms in total. The van der Waals surface area contributed by atoms with Crippen molar-refractivity contribution in [3.05, 3.63) is 43.2 Å². The van der Waals surface area contributed by atoms with E-state index in [2.05, 4.69) is 48.9 Å². The zero-order valence-corrected chi connectivity index (χ0v) is 13.9. The maximum absolute atomic E-state index is 12.0. The van der Waals surface area contributed by atoms with Gasteiger partial charge in [0.15, 0.2) is 0 Å². The Kier molecular flexibility index (Phi) is 4.57. The van der Waals surface area contributed by atoms with Gasteiger partial charge in [0.1, 0.15) is 4.47 Å². The molecule has 0 saturated carbocycles. The van der Waals surface area contributed by atoms with Gasteiger partial charge in [0, 0.05) is 12.7 Å². The molecule has 7 heteroatoms. The van der Waals surface area contributed by atoms with Crippen LogP contribution >= 0.6 is 31.9 Å². The van der Waals surface area contributed by atoms with Gasteiger partial charge >= 0.3 is 0 Å². The second-order valence-corrected chi connectivity index (χ2v) is 5.70. The molecule has 2 aromatic heterocycles. The van der Waals surface area contributed by atoms with Gasteiger partial charge in [-0.05, 0) is 45.2 Å². The molecule has 2 aromatic rings. The van der Waals surface area contributed by atoms with Gasteiger partial charge in [-0.15, -0.1) is 0 Å². The quantitative estimate of drug-likeness (QED) is 0.807. The molecule has 2 rings (SSSR count). The number of hydrogen-bond donors (Lipinski definition) is 0. The van der Waals surface area contributed by atoms with Crippen molar-refractivity contribution in [1.82, 2.24) is 19.3 Å². The molecular formula is C12H14Br2N4O. The molecular weight excluding hydrogens is 376 g/mol. The fourth-order valence-corrected chi connectivity index (χ4v) is 2.90. The highest BCUT2D eigenvalue weighted by Crippen LogP contribution is 2.22. The third kappa shape index (κ3) is 2.81. The van der Waals surface area contributed by atoms with Gasteiger partial charge in [-0.3, -0.25) is 14.0 Å². The van der Waals surface area contributed by atoms with Crippen LogP contribution in [-0.2, 0) is 19.5 Å². The summed E-state index contributed by atoms with van der Waals surface area (Å²) in [4.78, 5) is 16.0.